The van der Waals surface area contributed by atoms with E-state index in [0.717, 1.165) is 4.90 Å². The number of alkyl halides is 1. The standard InChI is InChI=1S/C11H18FNO4/c1-11(2,3)17-10(16)13-6-4-5-7(12)8(13)9(14)15/h7-8H,4-6H2,1-3H3,(H,14,15)/t7-,8+/m0/s1. The molecule has 17 heavy (non-hydrogen) atoms. The van der Waals surface area contributed by atoms with Crippen molar-refractivity contribution in [3.8, 4) is 0 Å². The molecule has 0 aromatic rings. The first-order valence-corrected chi connectivity index (χ1v) is 5.59. The third kappa shape index (κ3) is 3.57. The molecule has 1 fully saturated rings. The first-order chi connectivity index (χ1) is 7.72. The van der Waals surface area contributed by atoms with E-state index in [0.29, 0.717) is 6.42 Å². The van der Waals surface area contributed by atoms with Crippen molar-refractivity contribution in [1.82, 2.24) is 4.90 Å². The van der Waals surface area contributed by atoms with E-state index in [1.165, 1.54) is 0 Å². The summed E-state index contributed by atoms with van der Waals surface area (Å²) in [4.78, 5) is 23.7. The molecule has 0 aromatic carbocycles. The van der Waals surface area contributed by atoms with Crippen molar-refractivity contribution in [2.45, 2.75) is 51.4 Å². The summed E-state index contributed by atoms with van der Waals surface area (Å²) in [5, 5.41) is 8.94. The molecule has 0 aliphatic carbocycles. The summed E-state index contributed by atoms with van der Waals surface area (Å²) >= 11 is 0. The summed E-state index contributed by atoms with van der Waals surface area (Å²) in [5.41, 5.74) is -0.719. The van der Waals surface area contributed by atoms with Crippen LogP contribution in [-0.4, -0.2) is 46.4 Å². The highest BCUT2D eigenvalue weighted by molar-refractivity contribution is 5.81. The average molecular weight is 247 g/mol. The third-order valence-corrected chi connectivity index (χ3v) is 2.44. The van der Waals surface area contributed by atoms with E-state index in [1.807, 2.05) is 0 Å². The SMILES string of the molecule is CC(C)(C)OC(=O)N1CCC[C@H](F)[C@@H]1C(=O)O. The molecule has 1 saturated heterocycles. The number of carboxylic acid groups (broad SMARTS) is 1. The molecule has 0 radical (unpaired) electrons. The quantitative estimate of drug-likeness (QED) is 0.767. The van der Waals surface area contributed by atoms with E-state index in [4.69, 9.17) is 9.84 Å². The maximum Gasteiger partial charge on any atom is 0.411 e. The number of hydrogen-bond acceptors (Lipinski definition) is 3. The van der Waals surface area contributed by atoms with Crippen molar-refractivity contribution in [3.63, 3.8) is 0 Å². The fourth-order valence-electron chi connectivity index (χ4n) is 1.76. The van der Waals surface area contributed by atoms with Gasteiger partial charge in [0.15, 0.2) is 6.04 Å². The predicted molar refractivity (Wildman–Crippen MR) is 58.5 cm³/mol. The smallest absolute Gasteiger partial charge is 0.411 e. The number of ether oxygens (including phenoxy) is 1. The van der Waals surface area contributed by atoms with Gasteiger partial charge in [0.25, 0.3) is 0 Å². The lowest BCUT2D eigenvalue weighted by molar-refractivity contribution is -0.147. The number of carbonyl (C=O) groups excluding carboxylic acids is 1. The Balaban J connectivity index is 2.79. The second-order valence-electron chi connectivity index (χ2n) is 5.12. The molecule has 1 rings (SSSR count). The lowest BCUT2D eigenvalue weighted by atomic mass is 10.0. The monoisotopic (exact) mass is 247 g/mol. The number of carboxylic acids is 1. The van der Waals surface area contributed by atoms with Crippen LogP contribution in [0.4, 0.5) is 9.18 Å². The first-order valence-electron chi connectivity index (χ1n) is 5.59. The Morgan fingerprint density at radius 2 is 2.00 bits per heavy atom. The molecule has 1 amide bonds. The van der Waals surface area contributed by atoms with Crippen molar-refractivity contribution < 1.29 is 23.8 Å². The van der Waals surface area contributed by atoms with E-state index >= 15 is 0 Å². The molecule has 5 nitrogen and oxygen atoms in total. The summed E-state index contributed by atoms with van der Waals surface area (Å²) in [6.07, 6.45) is -1.69. The van der Waals surface area contributed by atoms with E-state index in [1.54, 1.807) is 20.8 Å². The van der Waals surface area contributed by atoms with Gasteiger partial charge in [0.2, 0.25) is 0 Å². The zero-order valence-corrected chi connectivity index (χ0v) is 10.3. The largest absolute Gasteiger partial charge is 0.480 e. The van der Waals surface area contributed by atoms with Gasteiger partial charge in [-0.3, -0.25) is 4.90 Å². The van der Waals surface area contributed by atoms with E-state index < -0.39 is 29.9 Å². The van der Waals surface area contributed by atoms with Gasteiger partial charge in [0, 0.05) is 6.54 Å². The fraction of sp³-hybridized carbons (Fsp3) is 0.818. The minimum atomic E-state index is -1.53. The maximum absolute atomic E-state index is 13.5. The fourth-order valence-corrected chi connectivity index (χ4v) is 1.76. The van der Waals surface area contributed by atoms with E-state index in [-0.39, 0.29) is 13.0 Å². The number of likely N-dealkylation sites (tertiary alicyclic amines) is 1. The van der Waals surface area contributed by atoms with E-state index in [9.17, 15) is 14.0 Å². The second-order valence-corrected chi connectivity index (χ2v) is 5.12. The Morgan fingerprint density at radius 3 is 2.47 bits per heavy atom. The second kappa shape index (κ2) is 4.89. The number of nitrogens with zero attached hydrogens (tertiary/aromatic N) is 1. The third-order valence-electron chi connectivity index (χ3n) is 2.44. The number of rotatable bonds is 1. The topological polar surface area (TPSA) is 66.8 Å². The average Bonchev–Trinajstić information content (AvgIpc) is 2.13. The molecular formula is C11H18FNO4. The summed E-state index contributed by atoms with van der Waals surface area (Å²) in [5.74, 6) is -1.33. The molecule has 1 aliphatic heterocycles. The summed E-state index contributed by atoms with van der Waals surface area (Å²) < 4.78 is 18.6. The van der Waals surface area contributed by atoms with E-state index in [2.05, 4.69) is 0 Å². The number of piperidine rings is 1. The van der Waals surface area contributed by atoms with Crippen molar-refractivity contribution in [1.29, 1.82) is 0 Å². The van der Waals surface area contributed by atoms with Crippen LogP contribution in [0.5, 0.6) is 0 Å². The van der Waals surface area contributed by atoms with Gasteiger partial charge < -0.3 is 9.84 Å². The lowest BCUT2D eigenvalue weighted by Crippen LogP contribution is -2.54. The van der Waals surface area contributed by atoms with Gasteiger partial charge in [-0.2, -0.15) is 0 Å². The number of amides is 1. The Kier molecular flexibility index (Phi) is 3.95. The highest BCUT2D eigenvalue weighted by Gasteiger charge is 2.41. The van der Waals surface area contributed by atoms with Gasteiger partial charge in [-0.1, -0.05) is 0 Å². The number of aliphatic carboxylic acids is 1. The van der Waals surface area contributed by atoms with Crippen LogP contribution in [0.1, 0.15) is 33.6 Å². The van der Waals surface area contributed by atoms with Crippen molar-refractivity contribution in [2.75, 3.05) is 6.54 Å². The Bertz CT molecular complexity index is 313. The molecule has 2 atom stereocenters. The van der Waals surface area contributed by atoms with Gasteiger partial charge in [0.1, 0.15) is 11.8 Å². The van der Waals surface area contributed by atoms with Crippen LogP contribution in [0, 0.1) is 0 Å². The van der Waals surface area contributed by atoms with Crippen molar-refractivity contribution in [2.24, 2.45) is 0 Å². The van der Waals surface area contributed by atoms with Crippen LogP contribution < -0.4 is 0 Å². The molecular weight excluding hydrogens is 229 g/mol. The molecule has 0 spiro atoms. The van der Waals surface area contributed by atoms with Gasteiger partial charge in [0.05, 0.1) is 0 Å². The number of hydrogen-bond donors (Lipinski definition) is 1. The lowest BCUT2D eigenvalue weighted by Gasteiger charge is -2.36. The van der Waals surface area contributed by atoms with Gasteiger partial charge in [-0.15, -0.1) is 0 Å². The van der Waals surface area contributed by atoms with Gasteiger partial charge in [-0.05, 0) is 33.6 Å². The summed E-state index contributed by atoms with van der Waals surface area (Å²) in [7, 11) is 0. The molecule has 0 saturated carbocycles. The highest BCUT2D eigenvalue weighted by atomic mass is 19.1. The number of halogens is 1. The Hall–Kier alpha value is -1.33. The van der Waals surface area contributed by atoms with Crippen LogP contribution >= 0.6 is 0 Å². The number of carbonyl (C=O) groups is 2. The minimum absolute atomic E-state index is 0.163. The van der Waals surface area contributed by atoms with Crippen LogP contribution in [0.15, 0.2) is 0 Å². The highest BCUT2D eigenvalue weighted by Crippen LogP contribution is 2.23. The molecule has 0 bridgehead atoms. The molecule has 6 heteroatoms. The van der Waals surface area contributed by atoms with Gasteiger partial charge >= 0.3 is 12.1 Å². The summed E-state index contributed by atoms with van der Waals surface area (Å²) in [6, 6.07) is -1.43. The molecule has 0 aromatic heterocycles. The predicted octanol–water partition coefficient (Wildman–Crippen LogP) is 1.81. The minimum Gasteiger partial charge on any atom is -0.480 e. The van der Waals surface area contributed by atoms with Crippen LogP contribution in [0.2, 0.25) is 0 Å². The zero-order valence-electron chi connectivity index (χ0n) is 10.3. The van der Waals surface area contributed by atoms with Crippen LogP contribution in [0.25, 0.3) is 0 Å². The maximum atomic E-state index is 13.5. The first kappa shape index (κ1) is 13.7. The van der Waals surface area contributed by atoms with Crippen molar-refractivity contribution in [3.05, 3.63) is 0 Å². The summed E-state index contributed by atoms with van der Waals surface area (Å²) in [6.45, 7) is 5.25. The normalized spacial score (nSPS) is 25.5. The van der Waals surface area contributed by atoms with Gasteiger partial charge in [-0.25, -0.2) is 14.0 Å². The molecule has 1 N–H and O–H groups in total. The van der Waals surface area contributed by atoms with Crippen LogP contribution in [-0.2, 0) is 9.53 Å². The van der Waals surface area contributed by atoms with Crippen molar-refractivity contribution >= 4 is 12.1 Å². The zero-order chi connectivity index (χ0) is 13.2. The Labute approximate surface area is 99.5 Å². The Morgan fingerprint density at radius 1 is 1.41 bits per heavy atom. The molecule has 1 heterocycles. The molecule has 98 valence electrons. The van der Waals surface area contributed by atoms with Crippen LogP contribution in [0.3, 0.4) is 0 Å². The molecule has 0 unspecified atom stereocenters. The molecule has 1 aliphatic rings.